The molecule has 0 aromatic heterocycles. The van der Waals surface area contributed by atoms with Crippen LogP contribution in [-0.4, -0.2) is 49.2 Å². The molecule has 0 spiro atoms. The second-order valence-corrected chi connectivity index (χ2v) is 9.49. The monoisotopic (exact) mass is 384 g/mol. The van der Waals surface area contributed by atoms with Crippen LogP contribution in [0.2, 0.25) is 5.02 Å². The first-order valence-corrected chi connectivity index (χ1v) is 10.7. The predicted octanol–water partition coefficient (Wildman–Crippen LogP) is 3.06. The maximum absolute atomic E-state index is 13.0. The van der Waals surface area contributed by atoms with Crippen molar-refractivity contribution in [3.05, 3.63) is 28.8 Å². The number of hydrogen-bond acceptors (Lipinski definition) is 3. The number of aryl methyl sites for hydroxylation is 1. The van der Waals surface area contributed by atoms with Crippen LogP contribution in [0.25, 0.3) is 0 Å². The minimum Gasteiger partial charge on any atom is -0.341 e. The van der Waals surface area contributed by atoms with E-state index < -0.39 is 16.1 Å². The summed E-state index contributed by atoms with van der Waals surface area (Å²) < 4.78 is 27.5. The van der Waals surface area contributed by atoms with E-state index in [1.54, 1.807) is 12.1 Å². The molecule has 2 heterocycles. The fourth-order valence-corrected chi connectivity index (χ4v) is 5.51. The molecule has 0 N–H and O–H groups in total. The highest BCUT2D eigenvalue weighted by Gasteiger charge is 2.41. The average molecular weight is 385 g/mol. The summed E-state index contributed by atoms with van der Waals surface area (Å²) in [5.74, 6) is 0.577. The Kier molecular flexibility index (Phi) is 5.42. The summed E-state index contributed by atoms with van der Waals surface area (Å²) in [6.45, 7) is 5.85. The van der Waals surface area contributed by atoms with Crippen molar-refractivity contribution in [2.24, 2.45) is 5.92 Å². The molecule has 7 heteroatoms. The van der Waals surface area contributed by atoms with Crippen LogP contribution in [0.15, 0.2) is 23.1 Å². The summed E-state index contributed by atoms with van der Waals surface area (Å²) in [6, 6.07) is 4.17. The van der Waals surface area contributed by atoms with Gasteiger partial charge in [0.15, 0.2) is 0 Å². The third-order valence-electron chi connectivity index (χ3n) is 5.33. The van der Waals surface area contributed by atoms with Gasteiger partial charge in [-0.05, 0) is 56.2 Å². The van der Waals surface area contributed by atoms with Crippen LogP contribution < -0.4 is 0 Å². The molecular weight excluding hydrogens is 360 g/mol. The predicted molar refractivity (Wildman–Crippen MR) is 98.1 cm³/mol. The minimum absolute atomic E-state index is 0.0498. The third-order valence-corrected chi connectivity index (χ3v) is 7.65. The van der Waals surface area contributed by atoms with Crippen LogP contribution in [0.3, 0.4) is 0 Å². The number of benzene rings is 1. The fourth-order valence-electron chi connectivity index (χ4n) is 3.58. The molecule has 1 aromatic carbocycles. The zero-order chi connectivity index (χ0) is 18.2. The number of sulfonamides is 1. The van der Waals surface area contributed by atoms with Crippen molar-refractivity contribution in [2.75, 3.05) is 19.6 Å². The highest BCUT2D eigenvalue weighted by Crippen LogP contribution is 2.30. The average Bonchev–Trinajstić information content (AvgIpc) is 3.08. The number of piperidine rings is 1. The minimum atomic E-state index is -3.72. The van der Waals surface area contributed by atoms with Gasteiger partial charge in [0.25, 0.3) is 0 Å². The second kappa shape index (κ2) is 7.25. The van der Waals surface area contributed by atoms with Gasteiger partial charge in [-0.15, -0.1) is 0 Å². The highest BCUT2D eigenvalue weighted by atomic mass is 35.5. The molecule has 25 heavy (non-hydrogen) atoms. The standard InChI is InChI=1S/C18H25ClN2O3S/c1-13-7-10-20(11-8-13)18(22)17-4-3-9-21(17)25(23,24)15-6-5-14(2)16(19)12-15/h5-6,12-13,17H,3-4,7-11H2,1-2H3/t17-/m1/s1. The van der Waals surface area contributed by atoms with Gasteiger partial charge in [-0.25, -0.2) is 8.42 Å². The topological polar surface area (TPSA) is 57.7 Å². The highest BCUT2D eigenvalue weighted by molar-refractivity contribution is 7.89. The van der Waals surface area contributed by atoms with E-state index in [-0.39, 0.29) is 10.8 Å². The molecule has 2 aliphatic heterocycles. The van der Waals surface area contributed by atoms with Crippen molar-refractivity contribution in [1.82, 2.24) is 9.21 Å². The van der Waals surface area contributed by atoms with Crippen LogP contribution in [0.4, 0.5) is 0 Å². The molecule has 0 aliphatic carbocycles. The molecular formula is C18H25ClN2O3S. The van der Waals surface area contributed by atoms with Gasteiger partial charge in [0.2, 0.25) is 15.9 Å². The maximum Gasteiger partial charge on any atom is 0.243 e. The Labute approximate surface area is 155 Å². The molecule has 0 bridgehead atoms. The Balaban J connectivity index is 1.82. The first kappa shape index (κ1) is 18.7. The lowest BCUT2D eigenvalue weighted by Gasteiger charge is -2.34. The summed E-state index contributed by atoms with van der Waals surface area (Å²) in [5.41, 5.74) is 0.831. The molecule has 3 rings (SSSR count). The molecule has 0 saturated carbocycles. The number of carbonyl (C=O) groups excluding carboxylic acids is 1. The molecule has 0 unspecified atom stereocenters. The number of halogens is 1. The molecule has 138 valence electrons. The van der Waals surface area contributed by atoms with Crippen molar-refractivity contribution < 1.29 is 13.2 Å². The van der Waals surface area contributed by atoms with E-state index in [0.29, 0.717) is 30.3 Å². The lowest BCUT2D eigenvalue weighted by Crippen LogP contribution is -2.49. The van der Waals surface area contributed by atoms with E-state index >= 15 is 0 Å². The van der Waals surface area contributed by atoms with Crippen molar-refractivity contribution in [1.29, 1.82) is 0 Å². The van der Waals surface area contributed by atoms with Gasteiger partial charge in [-0.1, -0.05) is 24.6 Å². The Morgan fingerprint density at radius 2 is 1.84 bits per heavy atom. The molecule has 1 aromatic rings. The van der Waals surface area contributed by atoms with E-state index in [9.17, 15) is 13.2 Å². The van der Waals surface area contributed by atoms with E-state index in [2.05, 4.69) is 6.92 Å². The number of amides is 1. The Bertz CT molecular complexity index is 758. The quantitative estimate of drug-likeness (QED) is 0.804. The summed E-state index contributed by atoms with van der Waals surface area (Å²) in [6.07, 6.45) is 3.26. The maximum atomic E-state index is 13.0. The van der Waals surface area contributed by atoms with Crippen molar-refractivity contribution in [3.63, 3.8) is 0 Å². The van der Waals surface area contributed by atoms with Crippen LogP contribution in [0.1, 0.15) is 38.2 Å². The lowest BCUT2D eigenvalue weighted by atomic mass is 9.98. The number of nitrogens with zero attached hydrogens (tertiary/aromatic N) is 2. The van der Waals surface area contributed by atoms with E-state index in [1.165, 1.54) is 10.4 Å². The SMILES string of the molecule is Cc1ccc(S(=O)(=O)N2CCC[C@@H]2C(=O)N2CCC(C)CC2)cc1Cl. The van der Waals surface area contributed by atoms with Gasteiger partial charge in [0, 0.05) is 24.7 Å². The Morgan fingerprint density at radius 3 is 2.48 bits per heavy atom. The molecule has 2 saturated heterocycles. The number of rotatable bonds is 3. The Hall–Kier alpha value is -1.11. The summed E-state index contributed by atoms with van der Waals surface area (Å²) in [7, 11) is -3.72. The first-order valence-electron chi connectivity index (χ1n) is 8.87. The summed E-state index contributed by atoms with van der Waals surface area (Å²) in [5, 5.41) is 0.424. The summed E-state index contributed by atoms with van der Waals surface area (Å²) in [4.78, 5) is 14.9. The third kappa shape index (κ3) is 3.71. The Morgan fingerprint density at radius 1 is 1.16 bits per heavy atom. The lowest BCUT2D eigenvalue weighted by molar-refractivity contribution is -0.135. The first-order chi connectivity index (χ1) is 11.8. The van der Waals surface area contributed by atoms with Gasteiger partial charge < -0.3 is 4.90 Å². The number of carbonyl (C=O) groups is 1. The van der Waals surface area contributed by atoms with Crippen molar-refractivity contribution >= 4 is 27.5 Å². The molecule has 5 nitrogen and oxygen atoms in total. The number of likely N-dealkylation sites (tertiary alicyclic amines) is 1. The van der Waals surface area contributed by atoms with Crippen LogP contribution in [0, 0.1) is 12.8 Å². The van der Waals surface area contributed by atoms with Gasteiger partial charge in [-0.2, -0.15) is 4.31 Å². The van der Waals surface area contributed by atoms with Crippen LogP contribution in [-0.2, 0) is 14.8 Å². The molecule has 1 atom stereocenters. The smallest absolute Gasteiger partial charge is 0.243 e. The fraction of sp³-hybridized carbons (Fsp3) is 0.611. The van der Waals surface area contributed by atoms with E-state index in [0.717, 1.165) is 31.5 Å². The van der Waals surface area contributed by atoms with Gasteiger partial charge in [-0.3, -0.25) is 4.79 Å². The summed E-state index contributed by atoms with van der Waals surface area (Å²) >= 11 is 6.10. The largest absolute Gasteiger partial charge is 0.341 e. The van der Waals surface area contributed by atoms with E-state index in [4.69, 9.17) is 11.6 Å². The van der Waals surface area contributed by atoms with Crippen molar-refractivity contribution in [2.45, 2.75) is 50.5 Å². The van der Waals surface area contributed by atoms with Gasteiger partial charge in [0.1, 0.15) is 6.04 Å². The number of hydrogen-bond donors (Lipinski definition) is 0. The molecule has 0 radical (unpaired) electrons. The normalized spacial score (nSPS) is 23.2. The van der Waals surface area contributed by atoms with Gasteiger partial charge in [0.05, 0.1) is 4.90 Å². The van der Waals surface area contributed by atoms with E-state index in [1.807, 2.05) is 11.8 Å². The van der Waals surface area contributed by atoms with Crippen LogP contribution in [0.5, 0.6) is 0 Å². The zero-order valence-corrected chi connectivity index (χ0v) is 16.3. The molecule has 2 fully saturated rings. The zero-order valence-electron chi connectivity index (χ0n) is 14.7. The second-order valence-electron chi connectivity index (χ2n) is 7.19. The molecule has 2 aliphatic rings. The van der Waals surface area contributed by atoms with Gasteiger partial charge >= 0.3 is 0 Å². The molecule has 1 amide bonds. The van der Waals surface area contributed by atoms with Crippen LogP contribution >= 0.6 is 11.6 Å². The van der Waals surface area contributed by atoms with Crippen molar-refractivity contribution in [3.8, 4) is 0 Å².